The van der Waals surface area contributed by atoms with E-state index >= 15 is 0 Å². The Hall–Kier alpha value is -1.51. The standard InChI is InChI=1S/C12H16O3/c1-9(2)8-15-11-6-4-10(5-7-11)12(13)14-3/h4-7,9H,8H2,1-3H3. The van der Waals surface area contributed by atoms with Crippen LogP contribution >= 0.6 is 0 Å². The molecule has 0 aliphatic rings. The van der Waals surface area contributed by atoms with E-state index in [-0.39, 0.29) is 5.97 Å². The quantitative estimate of drug-likeness (QED) is 0.713. The molecule has 0 radical (unpaired) electrons. The number of benzene rings is 1. The maximum absolute atomic E-state index is 11.1. The molecule has 0 aliphatic heterocycles. The van der Waals surface area contributed by atoms with Crippen molar-refractivity contribution < 1.29 is 14.3 Å². The molecule has 0 fully saturated rings. The molecule has 0 aliphatic carbocycles. The third-order valence-corrected chi connectivity index (χ3v) is 1.86. The van der Waals surface area contributed by atoms with E-state index < -0.39 is 0 Å². The normalized spacial score (nSPS) is 10.1. The van der Waals surface area contributed by atoms with Crippen LogP contribution in [0.4, 0.5) is 0 Å². The average Bonchev–Trinajstić information content (AvgIpc) is 2.26. The first-order valence-electron chi connectivity index (χ1n) is 4.94. The number of rotatable bonds is 4. The molecule has 0 saturated carbocycles. The van der Waals surface area contributed by atoms with Crippen LogP contribution in [0.1, 0.15) is 24.2 Å². The largest absolute Gasteiger partial charge is 0.493 e. The third-order valence-electron chi connectivity index (χ3n) is 1.86. The zero-order chi connectivity index (χ0) is 11.3. The molecule has 82 valence electrons. The summed E-state index contributed by atoms with van der Waals surface area (Å²) >= 11 is 0. The Balaban J connectivity index is 2.60. The molecule has 3 nitrogen and oxygen atoms in total. The topological polar surface area (TPSA) is 35.5 Å². The molecule has 3 heteroatoms. The summed E-state index contributed by atoms with van der Waals surface area (Å²) < 4.78 is 10.1. The van der Waals surface area contributed by atoms with Crippen molar-refractivity contribution in [1.29, 1.82) is 0 Å². The van der Waals surface area contributed by atoms with Crippen LogP contribution in [0.25, 0.3) is 0 Å². The molecule has 15 heavy (non-hydrogen) atoms. The molecule has 0 heterocycles. The van der Waals surface area contributed by atoms with E-state index in [1.807, 2.05) is 0 Å². The third kappa shape index (κ3) is 3.62. The van der Waals surface area contributed by atoms with Crippen molar-refractivity contribution in [2.45, 2.75) is 13.8 Å². The average molecular weight is 208 g/mol. The van der Waals surface area contributed by atoms with Crippen molar-refractivity contribution in [3.05, 3.63) is 29.8 Å². The molecule has 1 aromatic carbocycles. The Morgan fingerprint density at radius 1 is 1.27 bits per heavy atom. The maximum Gasteiger partial charge on any atom is 0.337 e. The summed E-state index contributed by atoms with van der Waals surface area (Å²) in [6.07, 6.45) is 0. The summed E-state index contributed by atoms with van der Waals surface area (Å²) in [4.78, 5) is 11.1. The van der Waals surface area contributed by atoms with Crippen molar-refractivity contribution >= 4 is 5.97 Å². The Morgan fingerprint density at radius 2 is 1.87 bits per heavy atom. The fraction of sp³-hybridized carbons (Fsp3) is 0.417. The van der Waals surface area contributed by atoms with Gasteiger partial charge in [0.15, 0.2) is 0 Å². The van der Waals surface area contributed by atoms with Crippen molar-refractivity contribution in [1.82, 2.24) is 0 Å². The molecule has 0 bridgehead atoms. The number of methoxy groups -OCH3 is 1. The van der Waals surface area contributed by atoms with Gasteiger partial charge < -0.3 is 9.47 Å². The van der Waals surface area contributed by atoms with Crippen molar-refractivity contribution in [3.8, 4) is 5.75 Å². The molecule has 0 saturated heterocycles. The number of ether oxygens (including phenoxy) is 2. The Labute approximate surface area is 90.0 Å². The summed E-state index contributed by atoms with van der Waals surface area (Å²) in [6, 6.07) is 6.94. The summed E-state index contributed by atoms with van der Waals surface area (Å²) in [5.74, 6) is 0.937. The van der Waals surface area contributed by atoms with Crippen LogP contribution in [-0.2, 0) is 4.74 Å². The van der Waals surface area contributed by atoms with E-state index in [1.165, 1.54) is 7.11 Å². The van der Waals surface area contributed by atoms with Crippen LogP contribution in [0.3, 0.4) is 0 Å². The smallest absolute Gasteiger partial charge is 0.337 e. The Bertz CT molecular complexity index is 314. The summed E-state index contributed by atoms with van der Waals surface area (Å²) in [5, 5.41) is 0. The van der Waals surface area contributed by atoms with Gasteiger partial charge >= 0.3 is 5.97 Å². The van der Waals surface area contributed by atoms with Gasteiger partial charge in [-0.15, -0.1) is 0 Å². The second-order valence-corrected chi connectivity index (χ2v) is 3.72. The zero-order valence-electron chi connectivity index (χ0n) is 9.32. The lowest BCUT2D eigenvalue weighted by molar-refractivity contribution is 0.0600. The maximum atomic E-state index is 11.1. The molecule has 0 amide bonds. The van der Waals surface area contributed by atoms with Crippen LogP contribution in [0.2, 0.25) is 0 Å². The second kappa shape index (κ2) is 5.39. The van der Waals surface area contributed by atoms with Gasteiger partial charge in [0.25, 0.3) is 0 Å². The predicted octanol–water partition coefficient (Wildman–Crippen LogP) is 2.51. The monoisotopic (exact) mass is 208 g/mol. The molecule has 0 atom stereocenters. The number of carbonyl (C=O) groups is 1. The highest BCUT2D eigenvalue weighted by Crippen LogP contribution is 2.13. The van der Waals surface area contributed by atoms with Gasteiger partial charge in [0.05, 0.1) is 19.3 Å². The minimum Gasteiger partial charge on any atom is -0.493 e. The molecule has 0 N–H and O–H groups in total. The minimum absolute atomic E-state index is 0.328. The Morgan fingerprint density at radius 3 is 2.33 bits per heavy atom. The lowest BCUT2D eigenvalue weighted by Gasteiger charge is -2.08. The number of hydrogen-bond donors (Lipinski definition) is 0. The van der Waals surface area contributed by atoms with E-state index in [4.69, 9.17) is 4.74 Å². The fourth-order valence-corrected chi connectivity index (χ4v) is 1.07. The molecule has 0 spiro atoms. The van der Waals surface area contributed by atoms with E-state index in [9.17, 15) is 4.79 Å². The van der Waals surface area contributed by atoms with Gasteiger partial charge in [0, 0.05) is 0 Å². The van der Waals surface area contributed by atoms with Crippen molar-refractivity contribution in [3.63, 3.8) is 0 Å². The van der Waals surface area contributed by atoms with Crippen LogP contribution in [0, 0.1) is 5.92 Å². The summed E-state index contributed by atoms with van der Waals surface area (Å²) in [7, 11) is 1.37. The highest BCUT2D eigenvalue weighted by Gasteiger charge is 2.04. The zero-order valence-corrected chi connectivity index (χ0v) is 9.32. The van der Waals surface area contributed by atoms with Gasteiger partial charge in [-0.05, 0) is 30.2 Å². The molecule has 1 rings (SSSR count). The van der Waals surface area contributed by atoms with Crippen LogP contribution < -0.4 is 4.74 Å². The van der Waals surface area contributed by atoms with E-state index in [1.54, 1.807) is 24.3 Å². The SMILES string of the molecule is COC(=O)c1ccc(OCC(C)C)cc1. The van der Waals surface area contributed by atoms with E-state index in [0.717, 1.165) is 5.75 Å². The van der Waals surface area contributed by atoms with Gasteiger partial charge in [-0.1, -0.05) is 13.8 Å². The van der Waals surface area contributed by atoms with Crippen molar-refractivity contribution in [2.75, 3.05) is 13.7 Å². The first kappa shape index (κ1) is 11.6. The molecule has 0 unspecified atom stereocenters. The van der Waals surface area contributed by atoms with E-state index in [2.05, 4.69) is 18.6 Å². The van der Waals surface area contributed by atoms with Crippen LogP contribution in [0.15, 0.2) is 24.3 Å². The Kier molecular flexibility index (Phi) is 4.16. The molecular weight excluding hydrogens is 192 g/mol. The summed E-state index contributed by atoms with van der Waals surface area (Å²) in [6.45, 7) is 4.85. The lowest BCUT2D eigenvalue weighted by Crippen LogP contribution is -2.05. The molecular formula is C12H16O3. The number of hydrogen-bond acceptors (Lipinski definition) is 3. The minimum atomic E-state index is -0.328. The first-order valence-corrected chi connectivity index (χ1v) is 4.94. The molecule has 1 aromatic rings. The first-order chi connectivity index (χ1) is 7.13. The lowest BCUT2D eigenvalue weighted by atomic mass is 10.2. The van der Waals surface area contributed by atoms with Gasteiger partial charge in [-0.3, -0.25) is 0 Å². The van der Waals surface area contributed by atoms with Gasteiger partial charge in [0.2, 0.25) is 0 Å². The van der Waals surface area contributed by atoms with Gasteiger partial charge in [0.1, 0.15) is 5.75 Å². The van der Waals surface area contributed by atoms with Crippen LogP contribution in [-0.4, -0.2) is 19.7 Å². The molecule has 0 aromatic heterocycles. The fourth-order valence-electron chi connectivity index (χ4n) is 1.07. The van der Waals surface area contributed by atoms with Crippen molar-refractivity contribution in [2.24, 2.45) is 5.92 Å². The highest BCUT2D eigenvalue weighted by atomic mass is 16.5. The highest BCUT2D eigenvalue weighted by molar-refractivity contribution is 5.89. The van der Waals surface area contributed by atoms with Gasteiger partial charge in [-0.2, -0.15) is 0 Å². The van der Waals surface area contributed by atoms with Gasteiger partial charge in [-0.25, -0.2) is 4.79 Å². The second-order valence-electron chi connectivity index (χ2n) is 3.72. The summed E-state index contributed by atoms with van der Waals surface area (Å²) in [5.41, 5.74) is 0.536. The van der Waals surface area contributed by atoms with Crippen LogP contribution in [0.5, 0.6) is 5.75 Å². The van der Waals surface area contributed by atoms with E-state index in [0.29, 0.717) is 18.1 Å². The number of carbonyl (C=O) groups excluding carboxylic acids is 1. The predicted molar refractivity (Wildman–Crippen MR) is 58.1 cm³/mol. The number of esters is 1.